The maximum atomic E-state index is 6.16. The summed E-state index contributed by atoms with van der Waals surface area (Å²) >= 11 is 15.6. The van der Waals surface area contributed by atoms with Gasteiger partial charge in [0.1, 0.15) is 5.15 Å². The molecule has 2 nitrogen and oxygen atoms in total. The molecule has 0 amide bonds. The molecular formula is C20H15BrCl2N2. The Balaban J connectivity index is 1.73. The van der Waals surface area contributed by atoms with Gasteiger partial charge in [-0.2, -0.15) is 0 Å². The Hall–Kier alpha value is -1.55. The van der Waals surface area contributed by atoms with Gasteiger partial charge in [0.2, 0.25) is 0 Å². The van der Waals surface area contributed by atoms with Gasteiger partial charge in [-0.25, -0.2) is 4.98 Å². The maximum Gasteiger partial charge on any atom is 0.166 e. The third-order valence-corrected chi connectivity index (χ3v) is 5.92. The van der Waals surface area contributed by atoms with Gasteiger partial charge in [-0.3, -0.25) is 0 Å². The van der Waals surface area contributed by atoms with Crippen molar-refractivity contribution in [3.05, 3.63) is 76.3 Å². The van der Waals surface area contributed by atoms with Crippen molar-refractivity contribution in [2.24, 2.45) is 0 Å². The predicted molar refractivity (Wildman–Crippen MR) is 110 cm³/mol. The highest BCUT2D eigenvalue weighted by Gasteiger charge is 2.08. The van der Waals surface area contributed by atoms with Crippen LogP contribution in [0.4, 0.5) is 0 Å². The van der Waals surface area contributed by atoms with E-state index in [0.717, 1.165) is 18.3 Å². The number of nitrogens with zero attached hydrogens (tertiary/aromatic N) is 2. The highest BCUT2D eigenvalue weighted by atomic mass is 79.9. The van der Waals surface area contributed by atoms with Crippen LogP contribution in [-0.2, 0) is 18.3 Å². The highest BCUT2D eigenvalue weighted by molar-refractivity contribution is 9.08. The average Bonchev–Trinajstić information content (AvgIpc) is 2.96. The molecule has 0 N–H and O–H groups in total. The zero-order valence-electron chi connectivity index (χ0n) is 13.3. The van der Waals surface area contributed by atoms with Crippen molar-refractivity contribution in [2.45, 2.75) is 18.3 Å². The summed E-state index contributed by atoms with van der Waals surface area (Å²) in [7, 11) is 0. The number of alkyl halides is 1. The van der Waals surface area contributed by atoms with Crippen LogP contribution in [0, 0.1) is 0 Å². The summed E-state index contributed by atoms with van der Waals surface area (Å²) in [6, 6.07) is 17.6. The second kappa shape index (κ2) is 6.99. The van der Waals surface area contributed by atoms with Crippen LogP contribution in [0.3, 0.4) is 0 Å². The third-order valence-electron chi connectivity index (χ3n) is 4.50. The van der Waals surface area contributed by atoms with Crippen LogP contribution in [-0.4, -0.2) is 9.55 Å². The van der Waals surface area contributed by atoms with E-state index >= 15 is 0 Å². The van der Waals surface area contributed by atoms with E-state index in [1.54, 1.807) is 6.33 Å². The van der Waals surface area contributed by atoms with Gasteiger partial charge < -0.3 is 4.57 Å². The van der Waals surface area contributed by atoms with Crippen molar-refractivity contribution in [3.63, 3.8) is 0 Å². The van der Waals surface area contributed by atoms with Crippen LogP contribution in [0.5, 0.6) is 0 Å². The summed E-state index contributed by atoms with van der Waals surface area (Å²) in [5.41, 5.74) is 2.58. The molecule has 126 valence electrons. The first kappa shape index (κ1) is 16.9. The van der Waals surface area contributed by atoms with Crippen LogP contribution in [0.1, 0.15) is 11.1 Å². The molecule has 0 atom stereocenters. The number of imidazole rings is 1. The molecule has 0 spiro atoms. The number of fused-ring (bicyclic) bond motifs is 2. The Labute approximate surface area is 164 Å². The molecule has 3 aromatic carbocycles. The van der Waals surface area contributed by atoms with Gasteiger partial charge in [0.05, 0.1) is 6.33 Å². The van der Waals surface area contributed by atoms with Crippen LogP contribution in [0.25, 0.3) is 21.5 Å². The van der Waals surface area contributed by atoms with E-state index in [0.29, 0.717) is 10.3 Å². The zero-order chi connectivity index (χ0) is 17.4. The Morgan fingerprint density at radius 3 is 2.60 bits per heavy atom. The van der Waals surface area contributed by atoms with Gasteiger partial charge in [0, 0.05) is 11.9 Å². The fraction of sp³-hybridized carbons (Fsp3) is 0.150. The lowest BCUT2D eigenvalue weighted by Gasteiger charge is -2.10. The van der Waals surface area contributed by atoms with E-state index in [1.165, 1.54) is 32.7 Å². The molecule has 5 heteroatoms. The van der Waals surface area contributed by atoms with Crippen molar-refractivity contribution in [2.75, 3.05) is 0 Å². The van der Waals surface area contributed by atoms with E-state index in [-0.39, 0.29) is 0 Å². The van der Waals surface area contributed by atoms with Crippen molar-refractivity contribution >= 4 is 60.7 Å². The molecule has 0 aliphatic carbocycles. The number of benzene rings is 3. The number of aromatic nitrogens is 2. The normalized spacial score (nSPS) is 11.5. The molecule has 0 unspecified atom stereocenters. The second-order valence-corrected chi connectivity index (χ2v) is 7.35. The standard InChI is InChI=1S/C20H15BrCl2N2/c21-11-13-4-5-15-10-18-14(2-1-3-16(18)9-17(15)8-13)6-7-25-12-24-19(22)20(25)23/h1-5,8-10,12H,6-7,11H2. The molecule has 25 heavy (non-hydrogen) atoms. The van der Waals surface area contributed by atoms with E-state index in [2.05, 4.69) is 69.4 Å². The van der Waals surface area contributed by atoms with Crippen LogP contribution in [0.2, 0.25) is 10.3 Å². The van der Waals surface area contributed by atoms with Gasteiger partial charge in [-0.15, -0.1) is 0 Å². The van der Waals surface area contributed by atoms with Crippen molar-refractivity contribution < 1.29 is 0 Å². The largest absolute Gasteiger partial charge is 0.320 e. The Bertz CT molecular complexity index is 1070. The fourth-order valence-electron chi connectivity index (χ4n) is 3.18. The Kier molecular flexibility index (Phi) is 4.72. The van der Waals surface area contributed by atoms with Gasteiger partial charge in [-0.1, -0.05) is 75.5 Å². The summed E-state index contributed by atoms with van der Waals surface area (Å²) in [5.74, 6) is 0. The Morgan fingerprint density at radius 1 is 0.960 bits per heavy atom. The molecule has 1 heterocycles. The lowest BCUT2D eigenvalue weighted by molar-refractivity contribution is 0.699. The van der Waals surface area contributed by atoms with E-state index in [4.69, 9.17) is 23.2 Å². The number of hydrogen-bond acceptors (Lipinski definition) is 1. The van der Waals surface area contributed by atoms with Gasteiger partial charge in [0.25, 0.3) is 0 Å². The smallest absolute Gasteiger partial charge is 0.166 e. The minimum Gasteiger partial charge on any atom is -0.320 e. The first-order valence-corrected chi connectivity index (χ1v) is 9.90. The van der Waals surface area contributed by atoms with Crippen LogP contribution in [0.15, 0.2) is 54.9 Å². The topological polar surface area (TPSA) is 17.8 Å². The summed E-state index contributed by atoms with van der Waals surface area (Å²) in [5, 5.41) is 6.78. The molecule has 4 rings (SSSR count). The zero-order valence-corrected chi connectivity index (χ0v) is 16.4. The molecule has 0 saturated carbocycles. The fourth-order valence-corrected chi connectivity index (χ4v) is 3.86. The quantitative estimate of drug-likeness (QED) is 0.260. The van der Waals surface area contributed by atoms with Crippen LogP contribution >= 0.6 is 39.1 Å². The molecule has 0 bridgehead atoms. The maximum absolute atomic E-state index is 6.16. The first-order chi connectivity index (χ1) is 12.2. The molecular weight excluding hydrogens is 419 g/mol. The van der Waals surface area contributed by atoms with Gasteiger partial charge in [-0.05, 0) is 51.2 Å². The molecule has 0 radical (unpaired) electrons. The summed E-state index contributed by atoms with van der Waals surface area (Å²) in [4.78, 5) is 4.04. The highest BCUT2D eigenvalue weighted by Crippen LogP contribution is 2.28. The minimum atomic E-state index is 0.355. The number of rotatable bonds is 4. The second-order valence-electron chi connectivity index (χ2n) is 6.08. The molecule has 0 aliphatic heterocycles. The number of hydrogen-bond donors (Lipinski definition) is 0. The average molecular weight is 434 g/mol. The van der Waals surface area contributed by atoms with E-state index < -0.39 is 0 Å². The predicted octanol–water partition coefficient (Wildman–Crippen LogP) is 6.63. The van der Waals surface area contributed by atoms with Gasteiger partial charge in [0.15, 0.2) is 5.15 Å². The Morgan fingerprint density at radius 2 is 1.84 bits per heavy atom. The number of halogens is 3. The summed E-state index contributed by atoms with van der Waals surface area (Å²) < 4.78 is 1.88. The minimum absolute atomic E-state index is 0.355. The third kappa shape index (κ3) is 3.29. The van der Waals surface area contributed by atoms with Crippen molar-refractivity contribution in [1.29, 1.82) is 0 Å². The molecule has 1 aromatic heterocycles. The summed E-state index contributed by atoms with van der Waals surface area (Å²) in [6.07, 6.45) is 2.56. The van der Waals surface area contributed by atoms with E-state index in [9.17, 15) is 0 Å². The number of aryl methyl sites for hydroxylation is 2. The summed E-state index contributed by atoms with van der Waals surface area (Å²) in [6.45, 7) is 0.748. The first-order valence-electron chi connectivity index (χ1n) is 8.02. The van der Waals surface area contributed by atoms with E-state index in [1.807, 2.05) is 4.57 Å². The van der Waals surface area contributed by atoms with Crippen LogP contribution < -0.4 is 0 Å². The molecule has 4 aromatic rings. The molecule has 0 saturated heterocycles. The van der Waals surface area contributed by atoms with Crippen molar-refractivity contribution in [1.82, 2.24) is 9.55 Å². The SMILES string of the molecule is Clc1ncn(CCc2cccc3cc4cc(CBr)ccc4cc23)c1Cl. The van der Waals surface area contributed by atoms with Crippen molar-refractivity contribution in [3.8, 4) is 0 Å². The lowest BCUT2D eigenvalue weighted by Crippen LogP contribution is -2.00. The molecule has 0 fully saturated rings. The lowest BCUT2D eigenvalue weighted by atomic mass is 9.97. The monoisotopic (exact) mass is 432 g/mol. The molecule has 0 aliphatic rings. The van der Waals surface area contributed by atoms with Gasteiger partial charge >= 0.3 is 0 Å².